The molecule has 0 aromatic heterocycles. The lowest BCUT2D eigenvalue weighted by molar-refractivity contribution is 0.0800. The maximum atomic E-state index is 5.58. The number of hydrogen-bond acceptors (Lipinski definition) is 2. The lowest BCUT2D eigenvalue weighted by Gasteiger charge is -2.32. The zero-order valence-corrected chi connectivity index (χ0v) is 8.82. The summed E-state index contributed by atoms with van der Waals surface area (Å²) < 4.78 is 5.58. The second-order valence-corrected chi connectivity index (χ2v) is 4.68. The van der Waals surface area contributed by atoms with Gasteiger partial charge in [0.05, 0.1) is 5.69 Å². The number of rotatable bonds is 0. The van der Waals surface area contributed by atoms with E-state index in [1.807, 2.05) is 18.2 Å². The van der Waals surface area contributed by atoms with Crippen molar-refractivity contribution in [3.05, 3.63) is 29.8 Å². The minimum absolute atomic E-state index is 0.0997. The molecule has 2 rings (SSSR count). The van der Waals surface area contributed by atoms with E-state index in [9.17, 15) is 0 Å². The first-order chi connectivity index (χ1) is 6.59. The van der Waals surface area contributed by atoms with E-state index in [-0.39, 0.29) is 11.5 Å². The Kier molecular flexibility index (Phi) is 2.06. The van der Waals surface area contributed by atoms with Crippen molar-refractivity contribution in [1.82, 2.24) is 0 Å². The maximum absolute atomic E-state index is 5.58. The summed E-state index contributed by atoms with van der Waals surface area (Å²) in [5.41, 5.74) is 2.31. The third-order valence-corrected chi connectivity index (χ3v) is 2.39. The Morgan fingerprint density at radius 1 is 1.21 bits per heavy atom. The standard InChI is InChI=1S/C12H15NO/c1-12(2,3)11-9-6-4-5-7-10(9)13-8-14-11/h4-8,11H,1-3H3. The molecule has 0 fully saturated rings. The highest BCUT2D eigenvalue weighted by Gasteiger charge is 2.30. The number of nitrogens with zero attached hydrogens (tertiary/aromatic N) is 1. The van der Waals surface area contributed by atoms with E-state index in [0.717, 1.165) is 5.69 Å². The van der Waals surface area contributed by atoms with Crippen LogP contribution in [0.15, 0.2) is 29.3 Å². The first kappa shape index (κ1) is 9.25. The Hall–Kier alpha value is -1.31. The summed E-state index contributed by atoms with van der Waals surface area (Å²) >= 11 is 0. The monoisotopic (exact) mass is 189 g/mol. The molecule has 0 saturated heterocycles. The molecule has 1 aromatic carbocycles. The first-order valence-corrected chi connectivity index (χ1v) is 4.86. The van der Waals surface area contributed by atoms with Crippen molar-refractivity contribution in [3.63, 3.8) is 0 Å². The molecule has 0 amide bonds. The molecule has 0 bridgehead atoms. The van der Waals surface area contributed by atoms with Crippen LogP contribution in [-0.2, 0) is 4.74 Å². The molecule has 0 radical (unpaired) electrons. The Morgan fingerprint density at radius 2 is 1.93 bits per heavy atom. The van der Waals surface area contributed by atoms with Crippen LogP contribution in [0.5, 0.6) is 0 Å². The van der Waals surface area contributed by atoms with Gasteiger partial charge in [0.25, 0.3) is 0 Å². The summed E-state index contributed by atoms with van der Waals surface area (Å²) in [5, 5.41) is 0. The average Bonchev–Trinajstić information content (AvgIpc) is 2.15. The molecule has 2 heteroatoms. The Balaban J connectivity index is 2.46. The van der Waals surface area contributed by atoms with E-state index in [2.05, 4.69) is 31.8 Å². The van der Waals surface area contributed by atoms with Crippen LogP contribution >= 0.6 is 0 Å². The van der Waals surface area contributed by atoms with Gasteiger partial charge in [-0.25, -0.2) is 4.99 Å². The summed E-state index contributed by atoms with van der Waals surface area (Å²) in [4.78, 5) is 4.21. The summed E-state index contributed by atoms with van der Waals surface area (Å²) in [6.07, 6.45) is 1.66. The van der Waals surface area contributed by atoms with Gasteiger partial charge in [0.2, 0.25) is 0 Å². The molecule has 74 valence electrons. The van der Waals surface area contributed by atoms with Gasteiger partial charge in [0.15, 0.2) is 6.40 Å². The molecule has 0 aliphatic carbocycles. The largest absolute Gasteiger partial charge is 0.475 e. The smallest absolute Gasteiger partial charge is 0.175 e. The van der Waals surface area contributed by atoms with E-state index in [4.69, 9.17) is 4.74 Å². The second-order valence-electron chi connectivity index (χ2n) is 4.68. The van der Waals surface area contributed by atoms with E-state index >= 15 is 0 Å². The van der Waals surface area contributed by atoms with Gasteiger partial charge >= 0.3 is 0 Å². The molecule has 0 saturated carbocycles. The van der Waals surface area contributed by atoms with Crippen molar-refractivity contribution < 1.29 is 4.74 Å². The summed E-state index contributed by atoms with van der Waals surface area (Å²) in [6, 6.07) is 8.14. The molecular formula is C12H15NO. The Morgan fingerprint density at radius 3 is 2.64 bits per heavy atom. The van der Waals surface area contributed by atoms with Gasteiger partial charge in [0, 0.05) is 11.0 Å². The van der Waals surface area contributed by atoms with Crippen LogP contribution in [0.3, 0.4) is 0 Å². The van der Waals surface area contributed by atoms with E-state index in [0.29, 0.717) is 0 Å². The summed E-state index contributed by atoms with van der Waals surface area (Å²) in [5.74, 6) is 0. The molecule has 14 heavy (non-hydrogen) atoms. The summed E-state index contributed by atoms with van der Waals surface area (Å²) in [7, 11) is 0. The number of fused-ring (bicyclic) bond motifs is 1. The number of para-hydroxylation sites is 1. The minimum Gasteiger partial charge on any atom is -0.475 e. The lowest BCUT2D eigenvalue weighted by Crippen LogP contribution is -2.22. The van der Waals surface area contributed by atoms with Crippen molar-refractivity contribution in [2.75, 3.05) is 0 Å². The van der Waals surface area contributed by atoms with Crippen LogP contribution in [0, 0.1) is 5.41 Å². The van der Waals surface area contributed by atoms with Gasteiger partial charge in [-0.05, 0) is 6.07 Å². The highest BCUT2D eigenvalue weighted by molar-refractivity contribution is 5.63. The highest BCUT2D eigenvalue weighted by Crippen LogP contribution is 2.41. The van der Waals surface area contributed by atoms with Gasteiger partial charge in [-0.1, -0.05) is 39.0 Å². The predicted octanol–water partition coefficient (Wildman–Crippen LogP) is 3.46. The van der Waals surface area contributed by atoms with E-state index in [1.54, 1.807) is 6.40 Å². The lowest BCUT2D eigenvalue weighted by atomic mass is 9.83. The van der Waals surface area contributed by atoms with Crippen LogP contribution in [-0.4, -0.2) is 6.40 Å². The molecule has 1 aromatic rings. The molecule has 0 N–H and O–H groups in total. The third kappa shape index (κ3) is 1.52. The molecule has 1 heterocycles. The number of ether oxygens (including phenoxy) is 1. The molecular weight excluding hydrogens is 174 g/mol. The Bertz CT molecular complexity index is 363. The predicted molar refractivity (Wildman–Crippen MR) is 57.9 cm³/mol. The van der Waals surface area contributed by atoms with Crippen LogP contribution in [0.4, 0.5) is 5.69 Å². The quantitative estimate of drug-likeness (QED) is 0.612. The van der Waals surface area contributed by atoms with Gasteiger partial charge in [-0.15, -0.1) is 0 Å². The third-order valence-electron chi connectivity index (χ3n) is 2.39. The molecule has 0 spiro atoms. The van der Waals surface area contributed by atoms with Crippen molar-refractivity contribution in [2.24, 2.45) is 10.4 Å². The fourth-order valence-corrected chi connectivity index (χ4v) is 1.72. The molecule has 1 unspecified atom stereocenters. The van der Waals surface area contributed by atoms with Gasteiger partial charge < -0.3 is 4.74 Å². The van der Waals surface area contributed by atoms with Crippen LogP contribution < -0.4 is 0 Å². The second kappa shape index (κ2) is 3.12. The average molecular weight is 189 g/mol. The summed E-state index contributed by atoms with van der Waals surface area (Å²) in [6.45, 7) is 6.52. The van der Waals surface area contributed by atoms with Crippen LogP contribution in [0.2, 0.25) is 0 Å². The highest BCUT2D eigenvalue weighted by atomic mass is 16.5. The van der Waals surface area contributed by atoms with Crippen molar-refractivity contribution in [3.8, 4) is 0 Å². The SMILES string of the molecule is CC(C)(C)C1OC=Nc2ccccc21. The van der Waals surface area contributed by atoms with Crippen molar-refractivity contribution in [1.29, 1.82) is 0 Å². The van der Waals surface area contributed by atoms with E-state index in [1.165, 1.54) is 5.56 Å². The molecule has 1 aliphatic heterocycles. The normalized spacial score (nSPS) is 20.1. The topological polar surface area (TPSA) is 21.6 Å². The Labute approximate surface area is 84.6 Å². The minimum atomic E-state index is 0.0997. The van der Waals surface area contributed by atoms with Crippen LogP contribution in [0.25, 0.3) is 0 Å². The number of aliphatic imine (C=N–C) groups is 1. The zero-order valence-electron chi connectivity index (χ0n) is 8.82. The van der Waals surface area contributed by atoms with Crippen LogP contribution in [0.1, 0.15) is 32.4 Å². The van der Waals surface area contributed by atoms with E-state index < -0.39 is 0 Å². The molecule has 1 aliphatic rings. The zero-order chi connectivity index (χ0) is 10.2. The number of benzene rings is 1. The fourth-order valence-electron chi connectivity index (χ4n) is 1.72. The van der Waals surface area contributed by atoms with Gasteiger partial charge in [-0.2, -0.15) is 0 Å². The maximum Gasteiger partial charge on any atom is 0.175 e. The molecule has 2 nitrogen and oxygen atoms in total. The van der Waals surface area contributed by atoms with Gasteiger partial charge in [0.1, 0.15) is 6.10 Å². The van der Waals surface area contributed by atoms with Crippen molar-refractivity contribution in [2.45, 2.75) is 26.9 Å². The first-order valence-electron chi connectivity index (χ1n) is 4.86. The number of hydrogen-bond donors (Lipinski definition) is 0. The van der Waals surface area contributed by atoms with Crippen molar-refractivity contribution >= 4 is 12.1 Å². The molecule has 1 atom stereocenters. The van der Waals surface area contributed by atoms with Gasteiger partial charge in [-0.3, -0.25) is 0 Å². The fraction of sp³-hybridized carbons (Fsp3) is 0.417.